The van der Waals surface area contributed by atoms with Crippen LogP contribution in [0.25, 0.3) is 16.9 Å². The van der Waals surface area contributed by atoms with Gasteiger partial charge < -0.3 is 0 Å². The highest BCUT2D eigenvalue weighted by Gasteiger charge is 2.11. The molecular weight excluding hydrogens is 457 g/mol. The molecule has 0 unspecified atom stereocenters. The van der Waals surface area contributed by atoms with Gasteiger partial charge in [0.2, 0.25) is 0 Å². The van der Waals surface area contributed by atoms with Crippen LogP contribution in [0.5, 0.6) is 0 Å². The summed E-state index contributed by atoms with van der Waals surface area (Å²) in [5.74, 6) is -0.230. The smallest absolute Gasteiger partial charge is 0.138 e. The van der Waals surface area contributed by atoms with Gasteiger partial charge in [0.15, 0.2) is 0 Å². The van der Waals surface area contributed by atoms with Crippen molar-refractivity contribution in [1.29, 1.82) is 0 Å². The molecule has 0 fully saturated rings. The van der Waals surface area contributed by atoms with Crippen LogP contribution in [0.15, 0.2) is 42.6 Å². The second-order valence-electron chi connectivity index (χ2n) is 3.83. The SMILES string of the molecule is Fc1ccc(-c2nc3ccc(I)cn3c2I)cc1. The molecule has 0 saturated carbocycles. The van der Waals surface area contributed by atoms with Gasteiger partial charge in [0.05, 0.1) is 0 Å². The molecule has 0 saturated heterocycles. The van der Waals surface area contributed by atoms with Gasteiger partial charge in [-0.2, -0.15) is 0 Å². The van der Waals surface area contributed by atoms with E-state index in [0.29, 0.717) is 0 Å². The van der Waals surface area contributed by atoms with E-state index >= 15 is 0 Å². The Kier molecular flexibility index (Phi) is 3.27. The van der Waals surface area contributed by atoms with Crippen LogP contribution in [0, 0.1) is 13.1 Å². The first-order chi connectivity index (χ1) is 8.65. The summed E-state index contributed by atoms with van der Waals surface area (Å²) in [6.07, 6.45) is 2.04. The van der Waals surface area contributed by atoms with Crippen LogP contribution < -0.4 is 0 Å². The quantitative estimate of drug-likeness (QED) is 0.490. The number of benzene rings is 1. The fourth-order valence-electron chi connectivity index (χ4n) is 1.78. The largest absolute Gasteiger partial charge is 0.293 e. The zero-order chi connectivity index (χ0) is 12.7. The van der Waals surface area contributed by atoms with E-state index in [1.54, 1.807) is 12.1 Å². The van der Waals surface area contributed by atoms with Gasteiger partial charge in [0.25, 0.3) is 0 Å². The van der Waals surface area contributed by atoms with Gasteiger partial charge in [-0.25, -0.2) is 9.37 Å². The average molecular weight is 464 g/mol. The van der Waals surface area contributed by atoms with Crippen molar-refractivity contribution in [1.82, 2.24) is 9.38 Å². The van der Waals surface area contributed by atoms with Gasteiger partial charge in [-0.15, -0.1) is 0 Å². The zero-order valence-corrected chi connectivity index (χ0v) is 13.4. The highest BCUT2D eigenvalue weighted by molar-refractivity contribution is 14.1. The molecule has 0 bridgehead atoms. The van der Waals surface area contributed by atoms with Gasteiger partial charge >= 0.3 is 0 Å². The highest BCUT2D eigenvalue weighted by Crippen LogP contribution is 2.26. The minimum atomic E-state index is -0.230. The number of imidazole rings is 1. The van der Waals surface area contributed by atoms with E-state index in [0.717, 1.165) is 24.2 Å². The molecule has 18 heavy (non-hydrogen) atoms. The first-order valence-electron chi connectivity index (χ1n) is 5.24. The third-order valence-corrected chi connectivity index (χ3v) is 4.31. The van der Waals surface area contributed by atoms with Crippen molar-refractivity contribution < 1.29 is 4.39 Å². The van der Waals surface area contributed by atoms with Gasteiger partial charge in [0, 0.05) is 15.3 Å². The second kappa shape index (κ2) is 4.76. The number of rotatable bonds is 1. The van der Waals surface area contributed by atoms with Crippen LogP contribution in [-0.4, -0.2) is 9.38 Å². The summed E-state index contributed by atoms with van der Waals surface area (Å²) in [6, 6.07) is 10.4. The lowest BCUT2D eigenvalue weighted by atomic mass is 10.2. The third kappa shape index (κ3) is 2.13. The number of halogens is 3. The summed E-state index contributed by atoms with van der Waals surface area (Å²) >= 11 is 4.54. The Hall–Kier alpha value is -0.700. The van der Waals surface area contributed by atoms with E-state index in [4.69, 9.17) is 0 Å². The van der Waals surface area contributed by atoms with E-state index in [-0.39, 0.29) is 5.82 Å². The molecule has 0 amide bonds. The van der Waals surface area contributed by atoms with Crippen molar-refractivity contribution in [3.8, 4) is 11.3 Å². The number of hydrogen-bond donors (Lipinski definition) is 0. The summed E-state index contributed by atoms with van der Waals surface area (Å²) < 4.78 is 17.2. The molecule has 2 nitrogen and oxygen atoms in total. The van der Waals surface area contributed by atoms with E-state index in [1.165, 1.54) is 12.1 Å². The Balaban J connectivity index is 2.23. The molecule has 0 spiro atoms. The fourth-order valence-corrected chi connectivity index (χ4v) is 3.06. The molecule has 3 rings (SSSR count). The summed E-state index contributed by atoms with van der Waals surface area (Å²) in [6.45, 7) is 0. The number of nitrogens with zero attached hydrogens (tertiary/aromatic N) is 2. The summed E-state index contributed by atoms with van der Waals surface area (Å²) in [4.78, 5) is 4.58. The number of hydrogen-bond acceptors (Lipinski definition) is 1. The van der Waals surface area contributed by atoms with Crippen molar-refractivity contribution in [3.05, 3.63) is 55.7 Å². The van der Waals surface area contributed by atoms with Gasteiger partial charge in [-0.05, 0) is 81.6 Å². The zero-order valence-electron chi connectivity index (χ0n) is 9.07. The van der Waals surface area contributed by atoms with E-state index in [2.05, 4.69) is 50.2 Å². The Bertz CT molecular complexity index is 720. The maximum atomic E-state index is 12.9. The van der Waals surface area contributed by atoms with Crippen molar-refractivity contribution in [3.63, 3.8) is 0 Å². The molecule has 2 aromatic heterocycles. The third-order valence-electron chi connectivity index (χ3n) is 2.64. The molecule has 90 valence electrons. The summed E-state index contributed by atoms with van der Waals surface area (Å²) in [7, 11) is 0. The Morgan fingerprint density at radius 1 is 1.00 bits per heavy atom. The van der Waals surface area contributed by atoms with Crippen molar-refractivity contribution >= 4 is 50.8 Å². The van der Waals surface area contributed by atoms with Crippen molar-refractivity contribution in [2.24, 2.45) is 0 Å². The number of aromatic nitrogens is 2. The first-order valence-corrected chi connectivity index (χ1v) is 7.40. The lowest BCUT2D eigenvalue weighted by molar-refractivity contribution is 0.628. The number of pyridine rings is 1. The maximum Gasteiger partial charge on any atom is 0.138 e. The van der Waals surface area contributed by atoms with Gasteiger partial charge in [0.1, 0.15) is 20.9 Å². The molecule has 0 aliphatic rings. The normalized spacial score (nSPS) is 11.1. The highest BCUT2D eigenvalue weighted by atomic mass is 127. The van der Waals surface area contributed by atoms with Crippen LogP contribution >= 0.6 is 45.2 Å². The van der Waals surface area contributed by atoms with Crippen LogP contribution in [0.4, 0.5) is 4.39 Å². The average Bonchev–Trinajstić information content (AvgIpc) is 2.68. The fraction of sp³-hybridized carbons (Fsp3) is 0. The monoisotopic (exact) mass is 464 g/mol. The molecule has 0 atom stereocenters. The van der Waals surface area contributed by atoms with Crippen LogP contribution in [0.3, 0.4) is 0 Å². The molecule has 2 heterocycles. The maximum absolute atomic E-state index is 12.9. The van der Waals surface area contributed by atoms with Crippen LogP contribution in [-0.2, 0) is 0 Å². The van der Waals surface area contributed by atoms with Crippen molar-refractivity contribution in [2.45, 2.75) is 0 Å². The van der Waals surface area contributed by atoms with Gasteiger partial charge in [-0.1, -0.05) is 0 Å². The Morgan fingerprint density at radius 2 is 1.72 bits per heavy atom. The molecule has 0 radical (unpaired) electrons. The topological polar surface area (TPSA) is 17.3 Å². The van der Waals surface area contributed by atoms with E-state index in [1.807, 2.05) is 22.7 Å². The van der Waals surface area contributed by atoms with Crippen molar-refractivity contribution in [2.75, 3.05) is 0 Å². The molecule has 0 N–H and O–H groups in total. The molecule has 0 aliphatic heterocycles. The van der Waals surface area contributed by atoms with E-state index < -0.39 is 0 Å². The minimum Gasteiger partial charge on any atom is -0.293 e. The van der Waals surface area contributed by atoms with E-state index in [9.17, 15) is 4.39 Å². The summed E-state index contributed by atoms with van der Waals surface area (Å²) in [5.41, 5.74) is 2.72. The second-order valence-corrected chi connectivity index (χ2v) is 6.10. The standard InChI is InChI=1S/C13H7FI2N2/c14-9-3-1-8(2-4-9)12-13(16)18-7-10(15)5-6-11(18)17-12/h1-7H. The lowest BCUT2D eigenvalue weighted by Gasteiger charge is -1.98. The lowest BCUT2D eigenvalue weighted by Crippen LogP contribution is -1.88. The minimum absolute atomic E-state index is 0.230. The van der Waals surface area contributed by atoms with Crippen LogP contribution in [0.1, 0.15) is 0 Å². The molecular formula is C13H7FI2N2. The Labute approximate surface area is 131 Å². The first kappa shape index (κ1) is 12.3. The predicted octanol–water partition coefficient (Wildman–Crippen LogP) is 4.35. The molecule has 3 aromatic rings. The Morgan fingerprint density at radius 3 is 2.44 bits per heavy atom. The molecule has 1 aromatic carbocycles. The molecule has 0 aliphatic carbocycles. The summed E-state index contributed by atoms with van der Waals surface area (Å²) in [5, 5.41) is 0. The van der Waals surface area contributed by atoms with Gasteiger partial charge in [-0.3, -0.25) is 4.40 Å². The van der Waals surface area contributed by atoms with Crippen LogP contribution in [0.2, 0.25) is 0 Å². The number of fused-ring (bicyclic) bond motifs is 1. The predicted molar refractivity (Wildman–Crippen MR) is 86.0 cm³/mol. The molecule has 5 heteroatoms.